The van der Waals surface area contributed by atoms with E-state index in [0.717, 1.165) is 29.8 Å². The molecule has 0 saturated carbocycles. The summed E-state index contributed by atoms with van der Waals surface area (Å²) in [6.45, 7) is 3.01. The Balaban J connectivity index is 2.51. The van der Waals surface area contributed by atoms with Gasteiger partial charge in [-0.25, -0.2) is 4.98 Å². The zero-order valence-corrected chi connectivity index (χ0v) is 12.9. The van der Waals surface area contributed by atoms with Crippen molar-refractivity contribution in [2.45, 2.75) is 25.9 Å². The summed E-state index contributed by atoms with van der Waals surface area (Å²) in [5, 5.41) is 9.06. The smallest absolute Gasteiger partial charge is 0.111 e. The first-order valence-corrected chi connectivity index (χ1v) is 7.22. The number of likely N-dealkylation sites (N-methyl/N-ethyl adjacent to an activating group) is 1. The Morgan fingerprint density at radius 1 is 1.45 bits per heavy atom. The van der Waals surface area contributed by atoms with Gasteiger partial charge >= 0.3 is 0 Å². The molecule has 0 amide bonds. The van der Waals surface area contributed by atoms with Crippen LogP contribution in [0.5, 0.6) is 0 Å². The monoisotopic (exact) mass is 290 g/mol. The van der Waals surface area contributed by atoms with Crippen LogP contribution in [0, 0.1) is 11.3 Å². The van der Waals surface area contributed by atoms with Crippen LogP contribution in [0.2, 0.25) is 0 Å². The van der Waals surface area contributed by atoms with Crippen LogP contribution in [0.4, 0.5) is 0 Å². The van der Waals surface area contributed by atoms with Crippen LogP contribution >= 0.6 is 11.6 Å². The summed E-state index contributed by atoms with van der Waals surface area (Å²) in [4.78, 5) is 6.81. The van der Waals surface area contributed by atoms with Crippen molar-refractivity contribution in [1.82, 2.24) is 14.5 Å². The van der Waals surface area contributed by atoms with Crippen molar-refractivity contribution in [3.63, 3.8) is 0 Å². The molecule has 0 fully saturated rings. The number of aryl methyl sites for hydroxylation is 1. The Morgan fingerprint density at radius 3 is 2.80 bits per heavy atom. The summed E-state index contributed by atoms with van der Waals surface area (Å²) < 4.78 is 2.18. The number of benzene rings is 1. The second-order valence-corrected chi connectivity index (χ2v) is 5.58. The molecule has 4 nitrogen and oxygen atoms in total. The predicted octanol–water partition coefficient (Wildman–Crippen LogP) is 2.64. The van der Waals surface area contributed by atoms with E-state index in [2.05, 4.69) is 41.5 Å². The van der Waals surface area contributed by atoms with Crippen LogP contribution in [0.3, 0.4) is 0 Å². The van der Waals surface area contributed by atoms with Crippen molar-refractivity contribution in [2.24, 2.45) is 0 Å². The molecule has 0 N–H and O–H groups in total. The van der Waals surface area contributed by atoms with Crippen molar-refractivity contribution in [3.8, 4) is 6.07 Å². The van der Waals surface area contributed by atoms with Crippen LogP contribution in [-0.2, 0) is 13.0 Å². The first-order chi connectivity index (χ1) is 9.56. The lowest BCUT2D eigenvalue weighted by Gasteiger charge is -2.21. The number of halogens is 1. The number of nitrogens with zero attached hydrogens (tertiary/aromatic N) is 4. The Hall–Kier alpha value is -1.57. The SMILES string of the molecule is CC(Cn1c(CCCl)nc2ccc(C#N)cc21)N(C)C. The summed E-state index contributed by atoms with van der Waals surface area (Å²) in [6, 6.07) is 8.18. The molecule has 2 aromatic rings. The standard InChI is InChI=1S/C15H19ClN4/c1-11(19(2)3)10-20-14-8-12(9-17)4-5-13(14)18-15(20)6-7-16/h4-5,8,11H,6-7,10H2,1-3H3. The molecule has 0 aliphatic heterocycles. The van der Waals surface area contributed by atoms with Crippen LogP contribution in [0.1, 0.15) is 18.3 Å². The first-order valence-electron chi connectivity index (χ1n) is 6.68. The molecule has 0 saturated heterocycles. The van der Waals surface area contributed by atoms with Crippen molar-refractivity contribution in [1.29, 1.82) is 5.26 Å². The number of nitriles is 1. The molecular formula is C15H19ClN4. The number of hydrogen-bond donors (Lipinski definition) is 0. The van der Waals surface area contributed by atoms with Crippen molar-refractivity contribution < 1.29 is 0 Å². The molecule has 5 heteroatoms. The highest BCUT2D eigenvalue weighted by molar-refractivity contribution is 6.17. The van der Waals surface area contributed by atoms with Crippen LogP contribution in [0.25, 0.3) is 11.0 Å². The van der Waals surface area contributed by atoms with E-state index < -0.39 is 0 Å². The number of hydrogen-bond acceptors (Lipinski definition) is 3. The van der Waals surface area contributed by atoms with Crippen LogP contribution in [-0.4, -0.2) is 40.5 Å². The third kappa shape index (κ3) is 2.95. The summed E-state index contributed by atoms with van der Waals surface area (Å²) in [5.74, 6) is 1.53. The minimum atomic E-state index is 0.382. The number of fused-ring (bicyclic) bond motifs is 1. The van der Waals surface area contributed by atoms with Gasteiger partial charge in [0.15, 0.2) is 0 Å². The molecule has 1 heterocycles. The van der Waals surface area contributed by atoms with Crippen molar-refractivity contribution >= 4 is 22.6 Å². The van der Waals surface area contributed by atoms with E-state index >= 15 is 0 Å². The van der Waals surface area contributed by atoms with Gasteiger partial charge in [0.1, 0.15) is 5.82 Å². The van der Waals surface area contributed by atoms with Gasteiger partial charge < -0.3 is 9.47 Å². The summed E-state index contributed by atoms with van der Waals surface area (Å²) in [5.41, 5.74) is 2.60. The van der Waals surface area contributed by atoms with Gasteiger partial charge in [0.05, 0.1) is 22.7 Å². The summed E-state index contributed by atoms with van der Waals surface area (Å²) in [7, 11) is 4.12. The predicted molar refractivity (Wildman–Crippen MR) is 82.0 cm³/mol. The maximum absolute atomic E-state index is 9.06. The van der Waals surface area contributed by atoms with E-state index in [0.29, 0.717) is 17.5 Å². The maximum Gasteiger partial charge on any atom is 0.111 e. The Kier molecular flexibility index (Phi) is 4.64. The number of rotatable bonds is 5. The topological polar surface area (TPSA) is 44.9 Å². The van der Waals surface area contributed by atoms with Gasteiger partial charge in [-0.05, 0) is 39.2 Å². The molecule has 1 atom stereocenters. The van der Waals surface area contributed by atoms with E-state index in [4.69, 9.17) is 16.9 Å². The average Bonchev–Trinajstić information content (AvgIpc) is 2.76. The lowest BCUT2D eigenvalue weighted by Crippen LogP contribution is -2.29. The molecular weight excluding hydrogens is 272 g/mol. The zero-order valence-electron chi connectivity index (χ0n) is 12.1. The fraction of sp³-hybridized carbons (Fsp3) is 0.467. The molecule has 1 unspecified atom stereocenters. The van der Waals surface area contributed by atoms with E-state index in [1.165, 1.54) is 0 Å². The molecule has 0 radical (unpaired) electrons. The average molecular weight is 291 g/mol. The maximum atomic E-state index is 9.06. The largest absolute Gasteiger partial charge is 0.326 e. The van der Waals surface area contributed by atoms with Crippen LogP contribution in [0.15, 0.2) is 18.2 Å². The zero-order chi connectivity index (χ0) is 14.7. The quantitative estimate of drug-likeness (QED) is 0.795. The van der Waals surface area contributed by atoms with Gasteiger partial charge in [0.2, 0.25) is 0 Å². The highest BCUT2D eigenvalue weighted by Crippen LogP contribution is 2.19. The molecule has 0 aliphatic carbocycles. The highest BCUT2D eigenvalue weighted by atomic mass is 35.5. The van der Waals surface area contributed by atoms with E-state index in [1.807, 2.05) is 12.1 Å². The third-order valence-electron chi connectivity index (χ3n) is 3.60. The fourth-order valence-corrected chi connectivity index (χ4v) is 2.32. The number of alkyl halides is 1. The lowest BCUT2D eigenvalue weighted by molar-refractivity contribution is 0.284. The second kappa shape index (κ2) is 6.25. The Morgan fingerprint density at radius 2 is 2.20 bits per heavy atom. The molecule has 20 heavy (non-hydrogen) atoms. The minimum absolute atomic E-state index is 0.382. The third-order valence-corrected chi connectivity index (χ3v) is 3.79. The van der Waals surface area contributed by atoms with Gasteiger partial charge in [0.25, 0.3) is 0 Å². The highest BCUT2D eigenvalue weighted by Gasteiger charge is 2.14. The molecule has 106 valence electrons. The van der Waals surface area contributed by atoms with Gasteiger partial charge in [0, 0.05) is 24.9 Å². The minimum Gasteiger partial charge on any atom is -0.326 e. The van der Waals surface area contributed by atoms with Gasteiger partial charge in [-0.2, -0.15) is 5.26 Å². The van der Waals surface area contributed by atoms with E-state index in [9.17, 15) is 0 Å². The van der Waals surface area contributed by atoms with Crippen molar-refractivity contribution in [3.05, 3.63) is 29.6 Å². The number of imidazole rings is 1. The Bertz CT molecular complexity index is 639. The molecule has 1 aromatic carbocycles. The van der Waals surface area contributed by atoms with Crippen LogP contribution < -0.4 is 0 Å². The van der Waals surface area contributed by atoms with Gasteiger partial charge in [-0.3, -0.25) is 0 Å². The first kappa shape index (κ1) is 14.8. The molecule has 0 aliphatic rings. The van der Waals surface area contributed by atoms with E-state index in [1.54, 1.807) is 6.07 Å². The summed E-state index contributed by atoms with van der Waals surface area (Å²) in [6.07, 6.45) is 0.734. The van der Waals surface area contributed by atoms with Crippen molar-refractivity contribution in [2.75, 3.05) is 20.0 Å². The van der Waals surface area contributed by atoms with E-state index in [-0.39, 0.29) is 0 Å². The number of aromatic nitrogens is 2. The molecule has 0 bridgehead atoms. The van der Waals surface area contributed by atoms with Gasteiger partial charge in [-0.1, -0.05) is 0 Å². The summed E-state index contributed by atoms with van der Waals surface area (Å²) >= 11 is 5.88. The molecule has 1 aromatic heterocycles. The Labute approximate surface area is 124 Å². The lowest BCUT2D eigenvalue weighted by atomic mass is 10.2. The fourth-order valence-electron chi connectivity index (χ4n) is 2.15. The molecule has 0 spiro atoms. The van der Waals surface area contributed by atoms with Gasteiger partial charge in [-0.15, -0.1) is 11.6 Å². The second-order valence-electron chi connectivity index (χ2n) is 5.21. The normalized spacial score (nSPS) is 12.8. The molecule has 2 rings (SSSR count).